The van der Waals surface area contributed by atoms with Gasteiger partial charge in [-0.25, -0.2) is 4.98 Å². The predicted molar refractivity (Wildman–Crippen MR) is 125 cm³/mol. The lowest BCUT2D eigenvalue weighted by atomic mass is 10.1. The molecule has 7 heteroatoms. The lowest BCUT2D eigenvalue weighted by molar-refractivity contribution is 0.102. The molecular weight excluding hydrogens is 398 g/mol. The summed E-state index contributed by atoms with van der Waals surface area (Å²) in [6.07, 6.45) is 1.73. The van der Waals surface area contributed by atoms with Crippen LogP contribution in [0, 0.1) is 0 Å². The Bertz CT molecular complexity index is 1240. The molecule has 0 saturated heterocycles. The predicted octanol–water partition coefficient (Wildman–Crippen LogP) is 5.51. The lowest BCUT2D eigenvalue weighted by Gasteiger charge is -2.12. The smallest absolute Gasteiger partial charge is 0.255 e. The van der Waals surface area contributed by atoms with Gasteiger partial charge in [-0.3, -0.25) is 4.79 Å². The van der Waals surface area contributed by atoms with Crippen molar-refractivity contribution >= 4 is 56.8 Å². The van der Waals surface area contributed by atoms with Crippen molar-refractivity contribution in [2.75, 3.05) is 28.7 Å². The average Bonchev–Trinajstić information content (AvgIpc) is 2.74. The van der Waals surface area contributed by atoms with E-state index < -0.39 is 0 Å². The largest absolute Gasteiger partial charge is 0.397 e. The van der Waals surface area contributed by atoms with Crippen LogP contribution in [0.4, 0.5) is 28.6 Å². The second kappa shape index (κ2) is 8.31. The van der Waals surface area contributed by atoms with Crippen LogP contribution in [0.5, 0.6) is 0 Å². The summed E-state index contributed by atoms with van der Waals surface area (Å²) in [7, 11) is 1.79. The number of nitrogens with two attached hydrogens (primary N) is 1. The molecule has 6 nitrogen and oxygen atoms in total. The average molecular weight is 418 g/mol. The van der Waals surface area contributed by atoms with E-state index in [9.17, 15) is 4.79 Å². The molecule has 0 bridgehead atoms. The number of nitrogen functional groups attached to an aromatic ring is 1. The Kier molecular flexibility index (Phi) is 5.41. The number of nitrogens with one attached hydrogen (secondary N) is 3. The molecule has 0 spiro atoms. The van der Waals surface area contributed by atoms with Crippen LogP contribution in [0.1, 0.15) is 10.4 Å². The third-order valence-electron chi connectivity index (χ3n) is 4.69. The molecule has 1 aromatic heterocycles. The summed E-state index contributed by atoms with van der Waals surface area (Å²) < 4.78 is 0. The van der Waals surface area contributed by atoms with Gasteiger partial charge >= 0.3 is 0 Å². The molecular formula is C23H20ClN5O. The molecule has 1 heterocycles. The minimum absolute atomic E-state index is 0.232. The summed E-state index contributed by atoms with van der Waals surface area (Å²) in [5.74, 6) is 0.437. The standard InChI is InChI=1S/C23H20ClN5O/c1-26-21-8-7-18(13-20(21)25)29-23(30)15-3-2-4-17(11-15)28-22-19-12-16(24)6-5-14(19)9-10-27-22/h2-13,26H,25H2,1H3,(H,27,28)(H,29,30). The van der Waals surface area contributed by atoms with Gasteiger partial charge in [-0.1, -0.05) is 23.7 Å². The van der Waals surface area contributed by atoms with E-state index in [4.69, 9.17) is 17.3 Å². The van der Waals surface area contributed by atoms with E-state index in [1.807, 2.05) is 42.5 Å². The fourth-order valence-corrected chi connectivity index (χ4v) is 3.36. The first-order valence-electron chi connectivity index (χ1n) is 9.33. The van der Waals surface area contributed by atoms with E-state index in [0.29, 0.717) is 27.8 Å². The number of rotatable bonds is 5. The van der Waals surface area contributed by atoms with Crippen molar-refractivity contribution in [3.63, 3.8) is 0 Å². The van der Waals surface area contributed by atoms with Gasteiger partial charge in [0.1, 0.15) is 5.82 Å². The summed E-state index contributed by atoms with van der Waals surface area (Å²) in [6, 6.07) is 20.1. The second-order valence-electron chi connectivity index (χ2n) is 6.74. The number of carbonyl (C=O) groups excluding carboxylic acids is 1. The van der Waals surface area contributed by atoms with E-state index >= 15 is 0 Å². The number of carbonyl (C=O) groups is 1. The highest BCUT2D eigenvalue weighted by Crippen LogP contribution is 2.27. The van der Waals surface area contributed by atoms with Gasteiger partial charge in [0.15, 0.2) is 0 Å². The van der Waals surface area contributed by atoms with Gasteiger partial charge in [-0.05, 0) is 60.0 Å². The fraction of sp³-hybridized carbons (Fsp3) is 0.0435. The Labute approximate surface area is 179 Å². The zero-order valence-corrected chi connectivity index (χ0v) is 17.0. The highest BCUT2D eigenvalue weighted by Gasteiger charge is 2.10. The quantitative estimate of drug-likeness (QED) is 0.321. The molecule has 150 valence electrons. The molecule has 0 radical (unpaired) electrons. The zero-order valence-electron chi connectivity index (χ0n) is 16.2. The maximum absolute atomic E-state index is 12.7. The van der Waals surface area contributed by atoms with Crippen molar-refractivity contribution in [3.8, 4) is 0 Å². The Morgan fingerprint density at radius 3 is 2.67 bits per heavy atom. The first-order valence-corrected chi connectivity index (χ1v) is 9.71. The Hall–Kier alpha value is -3.77. The first-order chi connectivity index (χ1) is 14.5. The van der Waals surface area contributed by atoms with E-state index in [2.05, 4.69) is 20.9 Å². The third-order valence-corrected chi connectivity index (χ3v) is 4.93. The fourth-order valence-electron chi connectivity index (χ4n) is 3.19. The molecule has 0 aliphatic heterocycles. The van der Waals surface area contributed by atoms with Gasteiger partial charge in [0.2, 0.25) is 0 Å². The molecule has 30 heavy (non-hydrogen) atoms. The zero-order chi connectivity index (χ0) is 21.1. The summed E-state index contributed by atoms with van der Waals surface area (Å²) in [4.78, 5) is 17.1. The van der Waals surface area contributed by atoms with Gasteiger partial charge in [0, 0.05) is 40.6 Å². The highest BCUT2D eigenvalue weighted by atomic mass is 35.5. The number of hydrogen-bond donors (Lipinski definition) is 4. The Morgan fingerprint density at radius 2 is 1.87 bits per heavy atom. The lowest BCUT2D eigenvalue weighted by Crippen LogP contribution is -2.12. The maximum atomic E-state index is 12.7. The second-order valence-corrected chi connectivity index (χ2v) is 7.17. The van der Waals surface area contributed by atoms with Crippen LogP contribution in [0.25, 0.3) is 10.8 Å². The molecule has 0 atom stereocenters. The van der Waals surface area contributed by atoms with Crippen molar-refractivity contribution in [1.29, 1.82) is 0 Å². The molecule has 3 aromatic carbocycles. The number of fused-ring (bicyclic) bond motifs is 1. The van der Waals surface area contributed by atoms with Crippen molar-refractivity contribution in [1.82, 2.24) is 4.98 Å². The number of hydrogen-bond acceptors (Lipinski definition) is 5. The van der Waals surface area contributed by atoms with Crippen molar-refractivity contribution in [2.24, 2.45) is 0 Å². The van der Waals surface area contributed by atoms with Gasteiger partial charge in [0.05, 0.1) is 11.4 Å². The van der Waals surface area contributed by atoms with Gasteiger partial charge in [0.25, 0.3) is 5.91 Å². The molecule has 4 aromatic rings. The molecule has 0 aliphatic rings. The number of halogens is 1. The summed E-state index contributed by atoms with van der Waals surface area (Å²) in [5, 5.41) is 11.7. The molecule has 0 aliphatic carbocycles. The number of benzene rings is 3. The molecule has 5 N–H and O–H groups in total. The summed E-state index contributed by atoms with van der Waals surface area (Å²) >= 11 is 6.15. The van der Waals surface area contributed by atoms with Crippen LogP contribution < -0.4 is 21.7 Å². The molecule has 0 unspecified atom stereocenters. The number of pyridine rings is 1. The monoisotopic (exact) mass is 417 g/mol. The van der Waals surface area contributed by atoms with Crippen LogP contribution >= 0.6 is 11.6 Å². The third kappa shape index (κ3) is 4.14. The van der Waals surface area contributed by atoms with E-state index in [0.717, 1.165) is 22.1 Å². The Morgan fingerprint density at radius 1 is 1.00 bits per heavy atom. The summed E-state index contributed by atoms with van der Waals surface area (Å²) in [6.45, 7) is 0. The number of amides is 1. The van der Waals surface area contributed by atoms with Gasteiger partial charge in [-0.2, -0.15) is 0 Å². The van der Waals surface area contributed by atoms with Crippen LogP contribution in [-0.4, -0.2) is 17.9 Å². The normalized spacial score (nSPS) is 10.6. The highest BCUT2D eigenvalue weighted by molar-refractivity contribution is 6.31. The number of anilines is 5. The Balaban J connectivity index is 1.56. The minimum atomic E-state index is -0.232. The van der Waals surface area contributed by atoms with Crippen molar-refractivity contribution in [2.45, 2.75) is 0 Å². The minimum Gasteiger partial charge on any atom is -0.397 e. The van der Waals surface area contributed by atoms with Crippen LogP contribution in [-0.2, 0) is 0 Å². The molecule has 4 rings (SSSR count). The molecule has 0 fully saturated rings. The van der Waals surface area contributed by atoms with Crippen molar-refractivity contribution < 1.29 is 4.79 Å². The molecule has 1 amide bonds. The van der Waals surface area contributed by atoms with Crippen LogP contribution in [0.15, 0.2) is 72.9 Å². The van der Waals surface area contributed by atoms with Gasteiger partial charge in [-0.15, -0.1) is 0 Å². The van der Waals surface area contributed by atoms with E-state index in [-0.39, 0.29) is 5.91 Å². The molecule has 0 saturated carbocycles. The topological polar surface area (TPSA) is 92.1 Å². The number of nitrogens with zero attached hydrogens (tertiary/aromatic N) is 1. The van der Waals surface area contributed by atoms with Gasteiger partial charge < -0.3 is 21.7 Å². The van der Waals surface area contributed by atoms with Crippen LogP contribution in [0.3, 0.4) is 0 Å². The number of aromatic nitrogens is 1. The van der Waals surface area contributed by atoms with Crippen LogP contribution in [0.2, 0.25) is 5.02 Å². The maximum Gasteiger partial charge on any atom is 0.255 e. The van der Waals surface area contributed by atoms with E-state index in [1.54, 1.807) is 37.5 Å². The first kappa shape index (κ1) is 19.5. The van der Waals surface area contributed by atoms with E-state index in [1.165, 1.54) is 0 Å². The summed E-state index contributed by atoms with van der Waals surface area (Å²) in [5.41, 5.74) is 9.22. The SMILES string of the molecule is CNc1ccc(NC(=O)c2cccc(Nc3nccc4ccc(Cl)cc34)c2)cc1N. The van der Waals surface area contributed by atoms with Crippen molar-refractivity contribution in [3.05, 3.63) is 83.5 Å².